The molecule has 0 rings (SSSR count). The first kappa shape index (κ1) is 12.7. The second-order valence-corrected chi connectivity index (χ2v) is 4.00. The van der Waals surface area contributed by atoms with Gasteiger partial charge in [-0.1, -0.05) is 5.92 Å². The third-order valence-electron chi connectivity index (χ3n) is 1.01. The molecule has 0 amide bonds. The fourth-order valence-corrected chi connectivity index (χ4v) is 1.84. The Kier molecular flexibility index (Phi) is 6.02. The largest absolute Gasteiger partial charge is 0.405 e. The summed E-state index contributed by atoms with van der Waals surface area (Å²) in [4.78, 5) is 0. The number of aliphatic hydroxyl groups is 1. The molecule has 0 aliphatic carbocycles. The van der Waals surface area contributed by atoms with Crippen molar-refractivity contribution in [2.45, 2.75) is 26.9 Å². The third kappa shape index (κ3) is 5.84. The van der Waals surface area contributed by atoms with E-state index in [1.54, 1.807) is 13.8 Å². The molecule has 0 radical (unpaired) electrons. The molecule has 0 unspecified atom stereocenters. The van der Waals surface area contributed by atoms with Crippen molar-refractivity contribution in [3.05, 3.63) is 0 Å². The second kappa shape index (κ2) is 6.17. The minimum absolute atomic E-state index is 0.270. The predicted molar refractivity (Wildman–Crippen MR) is 50.3 cm³/mol. The van der Waals surface area contributed by atoms with Crippen LogP contribution in [0.4, 0.5) is 0 Å². The van der Waals surface area contributed by atoms with Gasteiger partial charge in [0.05, 0.1) is 13.2 Å². The average molecular weight is 206 g/mol. The molecule has 0 aromatic heterocycles. The van der Waals surface area contributed by atoms with Gasteiger partial charge in [-0.05, 0) is 20.8 Å². The summed E-state index contributed by atoms with van der Waals surface area (Å²) in [6.45, 7) is 5.43. The Bertz CT molecular complexity index is 228. The van der Waals surface area contributed by atoms with E-state index in [0.717, 1.165) is 0 Å². The van der Waals surface area contributed by atoms with Crippen LogP contribution in [-0.2, 0) is 13.6 Å². The smallest absolute Gasteiger partial charge is 0.381 e. The lowest BCUT2D eigenvalue weighted by Gasteiger charge is -2.09. The molecule has 13 heavy (non-hydrogen) atoms. The van der Waals surface area contributed by atoms with Gasteiger partial charge >= 0.3 is 7.60 Å². The molecule has 4 nitrogen and oxygen atoms in total. The Hall–Kier alpha value is -0.330. The van der Waals surface area contributed by atoms with Crippen LogP contribution < -0.4 is 0 Å². The van der Waals surface area contributed by atoms with Gasteiger partial charge in [0, 0.05) is 5.66 Å². The lowest BCUT2D eigenvalue weighted by molar-refractivity contribution is 0.229. The molecule has 0 saturated heterocycles. The van der Waals surface area contributed by atoms with Crippen molar-refractivity contribution >= 4 is 7.60 Å². The van der Waals surface area contributed by atoms with E-state index in [0.29, 0.717) is 0 Å². The number of aliphatic hydroxyl groups excluding tert-OH is 1. The molecule has 0 saturated carbocycles. The van der Waals surface area contributed by atoms with E-state index in [1.165, 1.54) is 6.92 Å². The van der Waals surface area contributed by atoms with Crippen molar-refractivity contribution in [3.63, 3.8) is 0 Å². The summed E-state index contributed by atoms with van der Waals surface area (Å²) in [5.41, 5.74) is 2.31. The van der Waals surface area contributed by atoms with Crippen LogP contribution >= 0.6 is 7.60 Å². The first-order valence-corrected chi connectivity index (χ1v) is 5.68. The fourth-order valence-electron chi connectivity index (χ4n) is 0.614. The van der Waals surface area contributed by atoms with Crippen LogP contribution in [0.2, 0.25) is 0 Å². The van der Waals surface area contributed by atoms with Crippen LogP contribution in [0.25, 0.3) is 0 Å². The van der Waals surface area contributed by atoms with Crippen LogP contribution in [0, 0.1) is 11.6 Å². The second-order valence-electron chi connectivity index (χ2n) is 2.27. The van der Waals surface area contributed by atoms with Gasteiger partial charge in [-0.3, -0.25) is 9.05 Å². The Morgan fingerprint density at radius 3 is 2.15 bits per heavy atom. The molecule has 1 atom stereocenters. The van der Waals surface area contributed by atoms with Gasteiger partial charge in [-0.15, -0.1) is 0 Å². The summed E-state index contributed by atoms with van der Waals surface area (Å²) in [5.74, 6) is 2.35. The van der Waals surface area contributed by atoms with E-state index < -0.39 is 13.7 Å². The van der Waals surface area contributed by atoms with Crippen LogP contribution in [0.1, 0.15) is 20.8 Å². The van der Waals surface area contributed by atoms with Gasteiger partial charge in [-0.25, -0.2) is 4.57 Å². The van der Waals surface area contributed by atoms with Gasteiger partial charge in [0.2, 0.25) is 0 Å². The predicted octanol–water partition coefficient (Wildman–Crippen LogP) is 1.59. The minimum Gasteiger partial charge on any atom is -0.381 e. The van der Waals surface area contributed by atoms with E-state index in [9.17, 15) is 4.57 Å². The van der Waals surface area contributed by atoms with Crippen LogP contribution in [0.15, 0.2) is 0 Å². The zero-order valence-electron chi connectivity index (χ0n) is 8.11. The van der Waals surface area contributed by atoms with E-state index in [-0.39, 0.29) is 13.2 Å². The highest BCUT2D eigenvalue weighted by molar-refractivity contribution is 7.59. The summed E-state index contributed by atoms with van der Waals surface area (Å²) >= 11 is 0. The minimum atomic E-state index is -3.29. The first-order chi connectivity index (χ1) is 6.04. The zero-order chi connectivity index (χ0) is 10.3. The SMILES string of the molecule is CCOP(=O)(C#C[C@H](C)O)OCC. The highest BCUT2D eigenvalue weighted by atomic mass is 31.2. The van der Waals surface area contributed by atoms with Crippen LogP contribution in [0.3, 0.4) is 0 Å². The van der Waals surface area contributed by atoms with Crippen molar-refractivity contribution < 1.29 is 18.7 Å². The molecule has 0 bridgehead atoms. The molecule has 0 spiro atoms. The van der Waals surface area contributed by atoms with Gasteiger partial charge in [-0.2, -0.15) is 0 Å². The van der Waals surface area contributed by atoms with Crippen LogP contribution in [-0.4, -0.2) is 24.4 Å². The van der Waals surface area contributed by atoms with E-state index in [4.69, 9.17) is 14.2 Å². The Balaban J connectivity index is 4.43. The number of hydrogen-bond acceptors (Lipinski definition) is 4. The normalized spacial score (nSPS) is 13.2. The number of hydrogen-bond donors (Lipinski definition) is 1. The summed E-state index contributed by atoms with van der Waals surface area (Å²) in [7, 11) is -3.29. The topological polar surface area (TPSA) is 55.8 Å². The monoisotopic (exact) mass is 206 g/mol. The molecule has 0 heterocycles. The molecular weight excluding hydrogens is 191 g/mol. The maximum Gasteiger partial charge on any atom is 0.405 e. The van der Waals surface area contributed by atoms with E-state index in [2.05, 4.69) is 11.6 Å². The van der Waals surface area contributed by atoms with Gasteiger partial charge in [0.15, 0.2) is 0 Å². The maximum absolute atomic E-state index is 11.6. The zero-order valence-corrected chi connectivity index (χ0v) is 9.01. The van der Waals surface area contributed by atoms with Crippen molar-refractivity contribution in [1.29, 1.82) is 0 Å². The van der Waals surface area contributed by atoms with Gasteiger partial charge in [0.25, 0.3) is 0 Å². The van der Waals surface area contributed by atoms with Crippen LogP contribution in [0.5, 0.6) is 0 Å². The van der Waals surface area contributed by atoms with Gasteiger partial charge < -0.3 is 5.11 Å². The maximum atomic E-state index is 11.6. The average Bonchev–Trinajstić information content (AvgIpc) is 2.02. The Morgan fingerprint density at radius 1 is 1.38 bits per heavy atom. The fraction of sp³-hybridized carbons (Fsp3) is 0.750. The molecule has 0 aromatic rings. The Morgan fingerprint density at radius 2 is 1.85 bits per heavy atom. The molecule has 0 aliphatic rings. The third-order valence-corrected chi connectivity index (χ3v) is 2.61. The standard InChI is InChI=1S/C8H15O4P/c1-4-11-13(10,12-5-2)7-6-8(3)9/h8-9H,4-5H2,1-3H3/t8-/m0/s1. The van der Waals surface area contributed by atoms with Crippen molar-refractivity contribution in [2.24, 2.45) is 0 Å². The molecular formula is C8H15O4P. The lowest BCUT2D eigenvalue weighted by atomic mass is 10.4. The van der Waals surface area contributed by atoms with E-state index >= 15 is 0 Å². The molecule has 0 aromatic carbocycles. The van der Waals surface area contributed by atoms with Gasteiger partial charge in [0.1, 0.15) is 6.10 Å². The molecule has 76 valence electrons. The highest BCUT2D eigenvalue weighted by Crippen LogP contribution is 2.46. The molecule has 5 heteroatoms. The lowest BCUT2D eigenvalue weighted by Crippen LogP contribution is -1.96. The van der Waals surface area contributed by atoms with Crippen molar-refractivity contribution in [3.8, 4) is 11.6 Å². The summed E-state index contributed by atoms with van der Waals surface area (Å²) in [5, 5.41) is 8.85. The molecule has 0 fully saturated rings. The molecule has 1 N–H and O–H groups in total. The quantitative estimate of drug-likeness (QED) is 0.560. The summed E-state index contributed by atoms with van der Waals surface area (Å²) in [6, 6.07) is 0. The number of rotatable bonds is 4. The summed E-state index contributed by atoms with van der Waals surface area (Å²) in [6.07, 6.45) is -0.825. The Labute approximate surface area is 78.8 Å². The van der Waals surface area contributed by atoms with Crippen molar-refractivity contribution in [1.82, 2.24) is 0 Å². The first-order valence-electron chi connectivity index (χ1n) is 4.14. The van der Waals surface area contributed by atoms with Crippen molar-refractivity contribution in [2.75, 3.05) is 13.2 Å². The molecule has 0 aliphatic heterocycles. The highest BCUT2D eigenvalue weighted by Gasteiger charge is 2.19. The van der Waals surface area contributed by atoms with E-state index in [1.807, 2.05) is 0 Å². The summed E-state index contributed by atoms with van der Waals surface area (Å²) < 4.78 is 21.3.